The molecule has 1 aromatic rings. The van der Waals surface area contributed by atoms with Crippen molar-refractivity contribution in [2.24, 2.45) is 0 Å². The van der Waals surface area contributed by atoms with Crippen LogP contribution in [0.15, 0.2) is 23.1 Å². The van der Waals surface area contributed by atoms with E-state index in [0.717, 1.165) is 0 Å². The molecule has 1 amide bonds. The molecular weight excluding hydrogens is 241 g/mol. The second kappa shape index (κ2) is 5.79. The zero-order valence-electron chi connectivity index (χ0n) is 10.3. The summed E-state index contributed by atoms with van der Waals surface area (Å²) in [6.45, 7) is 3.00. The van der Waals surface area contributed by atoms with Gasteiger partial charge in [-0.1, -0.05) is 0 Å². The van der Waals surface area contributed by atoms with E-state index >= 15 is 0 Å². The zero-order chi connectivity index (χ0) is 11.6. The molecular formula is C9H12NNaO4S. The van der Waals surface area contributed by atoms with E-state index in [1.54, 1.807) is 6.92 Å². The first-order chi connectivity index (χ1) is 6.80. The van der Waals surface area contributed by atoms with Crippen molar-refractivity contribution in [3.05, 3.63) is 23.8 Å². The molecule has 2 N–H and O–H groups in total. The van der Waals surface area contributed by atoms with Gasteiger partial charge >= 0.3 is 29.6 Å². The summed E-state index contributed by atoms with van der Waals surface area (Å²) in [6, 6.07) is 3.95. The van der Waals surface area contributed by atoms with Crippen LogP contribution in [0.25, 0.3) is 0 Å². The maximum absolute atomic E-state index is 10.8. The van der Waals surface area contributed by atoms with Crippen LogP contribution in [-0.2, 0) is 14.9 Å². The molecule has 0 fully saturated rings. The molecule has 5 nitrogen and oxygen atoms in total. The van der Waals surface area contributed by atoms with Crippen molar-refractivity contribution in [3.8, 4) is 0 Å². The molecule has 84 valence electrons. The average molecular weight is 253 g/mol. The Hall–Kier alpha value is -0.400. The van der Waals surface area contributed by atoms with Crippen molar-refractivity contribution in [3.63, 3.8) is 0 Å². The number of carbonyl (C=O) groups is 1. The van der Waals surface area contributed by atoms with E-state index < -0.39 is 10.1 Å². The summed E-state index contributed by atoms with van der Waals surface area (Å²) in [5, 5.41) is 2.54. The molecule has 0 aliphatic carbocycles. The van der Waals surface area contributed by atoms with Gasteiger partial charge in [0.25, 0.3) is 10.1 Å². The Morgan fingerprint density at radius 1 is 1.44 bits per heavy atom. The van der Waals surface area contributed by atoms with Gasteiger partial charge in [-0.2, -0.15) is 8.42 Å². The molecule has 0 aromatic heterocycles. The van der Waals surface area contributed by atoms with E-state index in [4.69, 9.17) is 4.55 Å². The molecule has 0 saturated heterocycles. The van der Waals surface area contributed by atoms with Crippen LogP contribution in [0.1, 0.15) is 13.9 Å². The summed E-state index contributed by atoms with van der Waals surface area (Å²) >= 11 is 0. The summed E-state index contributed by atoms with van der Waals surface area (Å²) < 4.78 is 30.3. The van der Waals surface area contributed by atoms with E-state index in [-0.39, 0.29) is 41.8 Å². The molecule has 0 heterocycles. The smallest absolute Gasteiger partial charge is 1.00 e. The third-order valence-electron chi connectivity index (χ3n) is 1.81. The molecule has 0 unspecified atom stereocenters. The van der Waals surface area contributed by atoms with Crippen LogP contribution >= 0.6 is 0 Å². The fourth-order valence-electron chi connectivity index (χ4n) is 1.13. The van der Waals surface area contributed by atoms with Crippen LogP contribution in [0.3, 0.4) is 0 Å². The minimum atomic E-state index is -4.18. The molecule has 16 heavy (non-hydrogen) atoms. The van der Waals surface area contributed by atoms with E-state index in [9.17, 15) is 13.2 Å². The molecule has 0 aliphatic rings. The number of hydrogen-bond acceptors (Lipinski definition) is 3. The molecule has 7 heteroatoms. The van der Waals surface area contributed by atoms with Crippen molar-refractivity contribution in [1.29, 1.82) is 0 Å². The number of amides is 1. The quantitative estimate of drug-likeness (QED) is 0.487. The molecule has 0 atom stereocenters. The van der Waals surface area contributed by atoms with Crippen LogP contribution < -0.4 is 34.9 Å². The first kappa shape index (κ1) is 15.6. The number of nitrogens with one attached hydrogen (secondary N) is 1. The number of carbonyl (C=O) groups excluding carboxylic acids is 1. The number of anilines is 1. The van der Waals surface area contributed by atoms with Crippen LogP contribution in [0.4, 0.5) is 5.69 Å². The van der Waals surface area contributed by atoms with Gasteiger partial charge in [-0.25, -0.2) is 0 Å². The molecule has 1 aromatic carbocycles. The first-order valence-corrected chi connectivity index (χ1v) is 5.60. The SMILES string of the molecule is CC(=O)Nc1ccc(S(=O)(=O)O)cc1C.[H-].[Na+]. The van der Waals surface area contributed by atoms with Gasteiger partial charge in [0.1, 0.15) is 0 Å². The van der Waals surface area contributed by atoms with Gasteiger partial charge < -0.3 is 6.74 Å². The average Bonchev–Trinajstić information content (AvgIpc) is 2.05. The summed E-state index contributed by atoms with van der Waals surface area (Å²) in [5.74, 6) is -0.238. The van der Waals surface area contributed by atoms with Gasteiger partial charge in [0.15, 0.2) is 0 Å². The molecule has 0 aliphatic heterocycles. The van der Waals surface area contributed by atoms with Gasteiger partial charge in [-0.15, -0.1) is 0 Å². The van der Waals surface area contributed by atoms with E-state index in [0.29, 0.717) is 11.3 Å². The number of hydrogen-bond donors (Lipinski definition) is 2. The van der Waals surface area contributed by atoms with Crippen molar-refractivity contribution in [2.45, 2.75) is 18.7 Å². The maximum Gasteiger partial charge on any atom is 1.00 e. The van der Waals surface area contributed by atoms with E-state index in [2.05, 4.69) is 5.32 Å². The summed E-state index contributed by atoms with van der Waals surface area (Å²) in [6.07, 6.45) is 0. The first-order valence-electron chi connectivity index (χ1n) is 4.16. The van der Waals surface area contributed by atoms with Crippen molar-refractivity contribution < 1.29 is 48.7 Å². The Labute approximate surface area is 118 Å². The van der Waals surface area contributed by atoms with E-state index in [1.807, 2.05) is 0 Å². The van der Waals surface area contributed by atoms with Crippen molar-refractivity contribution in [2.75, 3.05) is 5.32 Å². The molecule has 1 rings (SSSR count). The predicted octanol–water partition coefficient (Wildman–Crippen LogP) is -1.68. The van der Waals surface area contributed by atoms with Crippen molar-refractivity contribution in [1.82, 2.24) is 0 Å². The molecule has 0 bridgehead atoms. The second-order valence-electron chi connectivity index (χ2n) is 3.13. The Balaban J connectivity index is 0. The maximum atomic E-state index is 10.8. The monoisotopic (exact) mass is 253 g/mol. The Bertz CT molecular complexity index is 504. The van der Waals surface area contributed by atoms with Gasteiger partial charge in [-0.05, 0) is 30.7 Å². The van der Waals surface area contributed by atoms with Crippen molar-refractivity contribution >= 4 is 21.7 Å². The standard InChI is InChI=1S/C9H11NO4S.Na.H/c1-6-5-8(15(12,13)14)3-4-9(6)10-7(2)11;;/h3-5H,1-2H3,(H,10,11)(H,12,13,14);;/q;+1;-1. The van der Waals surface area contributed by atoms with Gasteiger partial charge in [-0.3, -0.25) is 9.35 Å². The van der Waals surface area contributed by atoms with Crippen LogP contribution in [0.5, 0.6) is 0 Å². The fraction of sp³-hybridized carbons (Fsp3) is 0.222. The summed E-state index contributed by atoms with van der Waals surface area (Å²) in [5.41, 5.74) is 1.09. The van der Waals surface area contributed by atoms with Gasteiger partial charge in [0.05, 0.1) is 4.90 Å². The zero-order valence-corrected chi connectivity index (χ0v) is 12.1. The minimum absolute atomic E-state index is 0. The normalized spacial score (nSPS) is 10.4. The summed E-state index contributed by atoms with van der Waals surface area (Å²) in [7, 11) is -4.18. The topological polar surface area (TPSA) is 83.5 Å². The molecule has 0 spiro atoms. The van der Waals surface area contributed by atoms with Crippen LogP contribution in [0, 0.1) is 6.92 Å². The third-order valence-corrected chi connectivity index (χ3v) is 2.66. The number of aryl methyl sites for hydroxylation is 1. The second-order valence-corrected chi connectivity index (χ2v) is 4.55. The van der Waals surface area contributed by atoms with Crippen LogP contribution in [-0.4, -0.2) is 18.9 Å². The number of benzene rings is 1. The fourth-order valence-corrected chi connectivity index (χ4v) is 1.69. The Morgan fingerprint density at radius 3 is 2.38 bits per heavy atom. The van der Waals surface area contributed by atoms with Crippen LogP contribution in [0.2, 0.25) is 0 Å². The molecule has 0 radical (unpaired) electrons. The Kier molecular flexibility index (Phi) is 5.64. The largest absolute Gasteiger partial charge is 1.00 e. The third kappa shape index (κ3) is 4.23. The van der Waals surface area contributed by atoms with E-state index in [1.165, 1.54) is 25.1 Å². The minimum Gasteiger partial charge on any atom is -1.00 e. The van der Waals surface area contributed by atoms with Gasteiger partial charge in [0, 0.05) is 12.6 Å². The molecule has 0 saturated carbocycles. The number of rotatable bonds is 2. The Morgan fingerprint density at radius 2 is 2.00 bits per heavy atom. The summed E-state index contributed by atoms with van der Waals surface area (Å²) in [4.78, 5) is 10.6. The van der Waals surface area contributed by atoms with Gasteiger partial charge in [0.2, 0.25) is 5.91 Å². The predicted molar refractivity (Wildman–Crippen MR) is 56.4 cm³/mol.